The standard InChI is InChI=1S/C26H31N5O2S/c1-18-17-21(19(2)30(18)15-16-33-3)25-24(22-11-7-8-13-27-22)29-26(34)31(25)14-12-23(32)28-20-9-5-4-6-10-20/h4-11,13,17,24-25H,12,14-16H2,1-3H3,(H,28,32)(H,29,34)/t24-,25-/m0/s1. The number of carbonyl (C=O) groups is 1. The second-order valence-electron chi connectivity index (χ2n) is 8.46. The molecule has 1 amide bonds. The van der Waals surface area contributed by atoms with Gasteiger partial charge in [-0.3, -0.25) is 9.78 Å². The molecule has 0 unspecified atom stereocenters. The van der Waals surface area contributed by atoms with Crippen LogP contribution in [0.1, 0.15) is 41.1 Å². The summed E-state index contributed by atoms with van der Waals surface area (Å²) in [6.45, 7) is 6.17. The van der Waals surface area contributed by atoms with Crippen molar-refractivity contribution in [2.75, 3.05) is 25.6 Å². The highest BCUT2D eigenvalue weighted by Crippen LogP contribution is 2.40. The summed E-state index contributed by atoms with van der Waals surface area (Å²) in [5.41, 5.74) is 5.24. The van der Waals surface area contributed by atoms with Crippen molar-refractivity contribution in [2.24, 2.45) is 0 Å². The number of pyridine rings is 1. The minimum absolute atomic E-state index is 0.0420. The van der Waals surface area contributed by atoms with Gasteiger partial charge in [-0.2, -0.15) is 0 Å². The quantitative estimate of drug-likeness (QED) is 0.451. The van der Waals surface area contributed by atoms with Crippen LogP contribution in [0.3, 0.4) is 0 Å². The molecule has 1 fully saturated rings. The first-order chi connectivity index (χ1) is 16.5. The average molecular weight is 478 g/mol. The van der Waals surface area contributed by atoms with Crippen molar-refractivity contribution >= 4 is 28.9 Å². The van der Waals surface area contributed by atoms with Crippen LogP contribution in [0, 0.1) is 13.8 Å². The molecule has 7 nitrogen and oxygen atoms in total. The van der Waals surface area contributed by atoms with Gasteiger partial charge in [-0.25, -0.2) is 0 Å². The average Bonchev–Trinajstić information content (AvgIpc) is 3.32. The van der Waals surface area contributed by atoms with Crippen LogP contribution in [-0.2, 0) is 16.1 Å². The predicted octanol–water partition coefficient (Wildman–Crippen LogP) is 4.15. The zero-order valence-corrected chi connectivity index (χ0v) is 20.6. The van der Waals surface area contributed by atoms with E-state index in [1.807, 2.05) is 48.5 Å². The van der Waals surface area contributed by atoms with Gasteiger partial charge >= 0.3 is 0 Å². The molecule has 178 valence electrons. The molecule has 1 aliphatic heterocycles. The Morgan fingerprint density at radius 2 is 1.91 bits per heavy atom. The number of thiocarbonyl (C=S) groups is 1. The van der Waals surface area contributed by atoms with Crippen molar-refractivity contribution in [3.8, 4) is 0 Å². The van der Waals surface area contributed by atoms with E-state index in [-0.39, 0.29) is 18.0 Å². The van der Waals surface area contributed by atoms with Crippen molar-refractivity contribution in [1.29, 1.82) is 0 Å². The first-order valence-corrected chi connectivity index (χ1v) is 11.9. The van der Waals surface area contributed by atoms with Crippen LogP contribution >= 0.6 is 12.2 Å². The van der Waals surface area contributed by atoms with E-state index in [0.717, 1.165) is 17.9 Å². The summed E-state index contributed by atoms with van der Waals surface area (Å²) in [4.78, 5) is 19.4. The largest absolute Gasteiger partial charge is 0.383 e. The number of para-hydroxylation sites is 1. The van der Waals surface area contributed by atoms with Crippen LogP contribution in [-0.4, -0.2) is 45.7 Å². The summed E-state index contributed by atoms with van der Waals surface area (Å²) in [7, 11) is 1.72. The maximum atomic E-state index is 12.7. The Kier molecular flexibility index (Phi) is 7.59. The monoisotopic (exact) mass is 477 g/mol. The third-order valence-corrected chi connectivity index (χ3v) is 6.64. The minimum atomic E-state index is -0.109. The second-order valence-corrected chi connectivity index (χ2v) is 8.84. The highest BCUT2D eigenvalue weighted by atomic mass is 32.1. The van der Waals surface area contributed by atoms with Gasteiger partial charge in [-0.05, 0) is 62.0 Å². The number of benzene rings is 1. The van der Waals surface area contributed by atoms with Crippen LogP contribution < -0.4 is 10.6 Å². The fourth-order valence-corrected chi connectivity index (χ4v) is 4.94. The normalized spacial score (nSPS) is 17.6. The molecule has 2 aromatic heterocycles. The van der Waals surface area contributed by atoms with Gasteiger partial charge in [0.1, 0.15) is 0 Å². The highest BCUT2D eigenvalue weighted by Gasteiger charge is 2.41. The lowest BCUT2D eigenvalue weighted by Gasteiger charge is -2.28. The molecular weight excluding hydrogens is 446 g/mol. The Labute approximate surface area is 206 Å². The van der Waals surface area contributed by atoms with Crippen LogP contribution in [0.25, 0.3) is 0 Å². The number of aromatic nitrogens is 2. The molecule has 3 aromatic rings. The molecule has 3 heterocycles. The van der Waals surface area contributed by atoms with Gasteiger partial charge in [-0.15, -0.1) is 0 Å². The molecule has 4 rings (SSSR count). The lowest BCUT2D eigenvalue weighted by atomic mass is 9.96. The van der Waals surface area contributed by atoms with Crippen molar-refractivity contribution in [1.82, 2.24) is 19.8 Å². The minimum Gasteiger partial charge on any atom is -0.383 e. The fourth-order valence-electron chi connectivity index (χ4n) is 4.61. The zero-order valence-electron chi connectivity index (χ0n) is 19.8. The number of carbonyl (C=O) groups excluding carboxylic acids is 1. The number of hydrogen-bond acceptors (Lipinski definition) is 4. The summed E-state index contributed by atoms with van der Waals surface area (Å²) in [6.07, 6.45) is 2.12. The van der Waals surface area contributed by atoms with Gasteiger partial charge in [0.05, 0.1) is 24.4 Å². The Morgan fingerprint density at radius 3 is 2.62 bits per heavy atom. The number of hydrogen-bond donors (Lipinski definition) is 2. The molecule has 0 radical (unpaired) electrons. The third-order valence-electron chi connectivity index (χ3n) is 6.29. The molecular formula is C26H31N5O2S. The van der Waals surface area contributed by atoms with Crippen molar-refractivity contribution in [3.05, 3.63) is 83.4 Å². The van der Waals surface area contributed by atoms with Gasteiger partial charge in [-0.1, -0.05) is 24.3 Å². The van der Waals surface area contributed by atoms with E-state index < -0.39 is 0 Å². The molecule has 8 heteroatoms. The number of methoxy groups -OCH3 is 1. The molecule has 2 N–H and O–H groups in total. The molecule has 0 aliphatic carbocycles. The number of aryl methyl sites for hydroxylation is 1. The Morgan fingerprint density at radius 1 is 1.15 bits per heavy atom. The van der Waals surface area contributed by atoms with E-state index >= 15 is 0 Å². The topological polar surface area (TPSA) is 71.4 Å². The van der Waals surface area contributed by atoms with Crippen LogP contribution in [0.2, 0.25) is 0 Å². The van der Waals surface area contributed by atoms with Crippen molar-refractivity contribution < 1.29 is 9.53 Å². The third kappa shape index (κ3) is 5.13. The lowest BCUT2D eigenvalue weighted by Crippen LogP contribution is -2.33. The number of anilines is 1. The SMILES string of the molecule is COCCn1c(C)cc([C@H]2[C@H](c3ccccn3)NC(=S)N2CCC(=O)Nc2ccccc2)c1C. The molecule has 1 aliphatic rings. The maximum Gasteiger partial charge on any atom is 0.226 e. The van der Waals surface area contributed by atoms with E-state index in [1.54, 1.807) is 13.3 Å². The van der Waals surface area contributed by atoms with Crippen LogP contribution in [0.4, 0.5) is 5.69 Å². The Balaban J connectivity index is 1.61. The van der Waals surface area contributed by atoms with E-state index in [1.165, 1.54) is 17.0 Å². The number of nitrogens with zero attached hydrogens (tertiary/aromatic N) is 3. The summed E-state index contributed by atoms with van der Waals surface area (Å²) >= 11 is 5.76. The summed E-state index contributed by atoms with van der Waals surface area (Å²) < 4.78 is 7.59. The van der Waals surface area contributed by atoms with Crippen molar-refractivity contribution in [2.45, 2.75) is 38.9 Å². The van der Waals surface area contributed by atoms with E-state index in [2.05, 4.69) is 45.0 Å². The van der Waals surface area contributed by atoms with Crippen molar-refractivity contribution in [3.63, 3.8) is 0 Å². The zero-order chi connectivity index (χ0) is 24.1. The first kappa shape index (κ1) is 23.9. The van der Waals surface area contributed by atoms with E-state index in [4.69, 9.17) is 17.0 Å². The van der Waals surface area contributed by atoms with Crippen LogP contribution in [0.15, 0.2) is 60.8 Å². The molecule has 1 aromatic carbocycles. The van der Waals surface area contributed by atoms with Gasteiger partial charge in [0, 0.05) is 49.9 Å². The molecule has 0 saturated carbocycles. The number of amides is 1. The maximum absolute atomic E-state index is 12.7. The fraction of sp³-hybridized carbons (Fsp3) is 0.346. The van der Waals surface area contributed by atoms with E-state index in [9.17, 15) is 4.79 Å². The summed E-state index contributed by atoms with van der Waals surface area (Å²) in [5.74, 6) is -0.0420. The number of ether oxygens (including phenoxy) is 1. The molecule has 2 atom stereocenters. The van der Waals surface area contributed by atoms with Gasteiger partial charge in [0.25, 0.3) is 0 Å². The molecule has 34 heavy (non-hydrogen) atoms. The Hall–Kier alpha value is -3.23. The predicted molar refractivity (Wildman–Crippen MR) is 138 cm³/mol. The van der Waals surface area contributed by atoms with E-state index in [0.29, 0.717) is 24.7 Å². The number of rotatable bonds is 9. The molecule has 0 bridgehead atoms. The van der Waals surface area contributed by atoms with Gasteiger partial charge in [0.15, 0.2) is 5.11 Å². The first-order valence-electron chi connectivity index (χ1n) is 11.5. The van der Waals surface area contributed by atoms with Gasteiger partial charge < -0.3 is 24.8 Å². The van der Waals surface area contributed by atoms with Crippen LogP contribution in [0.5, 0.6) is 0 Å². The summed E-state index contributed by atoms with van der Waals surface area (Å²) in [5, 5.41) is 7.07. The summed E-state index contributed by atoms with van der Waals surface area (Å²) in [6, 6.07) is 17.5. The molecule has 0 spiro atoms. The smallest absolute Gasteiger partial charge is 0.226 e. The number of nitrogens with one attached hydrogen (secondary N) is 2. The second kappa shape index (κ2) is 10.8. The molecule has 1 saturated heterocycles. The highest BCUT2D eigenvalue weighted by molar-refractivity contribution is 7.80. The Bertz CT molecular complexity index is 1130. The lowest BCUT2D eigenvalue weighted by molar-refractivity contribution is -0.116. The van der Waals surface area contributed by atoms with Gasteiger partial charge in [0.2, 0.25) is 5.91 Å².